The van der Waals surface area contributed by atoms with E-state index in [0.717, 1.165) is 24.2 Å². The third-order valence-electron chi connectivity index (χ3n) is 5.21. The molecule has 0 saturated heterocycles. The average molecular weight is 447 g/mol. The van der Waals surface area contributed by atoms with Crippen molar-refractivity contribution in [1.29, 1.82) is 0 Å². The Balaban J connectivity index is 1.87. The van der Waals surface area contributed by atoms with Gasteiger partial charge in [0.15, 0.2) is 11.2 Å². The molecule has 0 radical (unpaired) electrons. The number of carbonyl (C=O) groups excluding carboxylic acids is 1. The van der Waals surface area contributed by atoms with Crippen LogP contribution in [-0.2, 0) is 0 Å². The summed E-state index contributed by atoms with van der Waals surface area (Å²) in [7, 11) is 0. The molecule has 0 saturated carbocycles. The highest BCUT2D eigenvalue weighted by molar-refractivity contribution is 6.32. The lowest BCUT2D eigenvalue weighted by atomic mass is 10.0. The summed E-state index contributed by atoms with van der Waals surface area (Å²) >= 11 is 12.5. The number of hydrogen-bond acceptors (Lipinski definition) is 4. The van der Waals surface area contributed by atoms with Crippen LogP contribution in [0.2, 0.25) is 10.0 Å². The molecule has 1 amide bonds. The maximum atomic E-state index is 12.8. The van der Waals surface area contributed by atoms with Gasteiger partial charge in [-0.15, -0.1) is 0 Å². The van der Waals surface area contributed by atoms with Crippen LogP contribution < -0.4 is 10.7 Å². The molecule has 0 bridgehead atoms. The number of amides is 1. The molecule has 1 atom stereocenters. The van der Waals surface area contributed by atoms with Gasteiger partial charge in [-0.25, -0.2) is 0 Å². The van der Waals surface area contributed by atoms with E-state index in [1.807, 2.05) is 31.2 Å². The summed E-state index contributed by atoms with van der Waals surface area (Å²) in [4.78, 5) is 27.5. The van der Waals surface area contributed by atoms with Gasteiger partial charge >= 0.3 is 0 Å². The molecular formula is C23H24Cl2N2O3. The molecule has 1 aromatic heterocycles. The number of nitrogens with zero attached hydrogens (tertiary/aromatic N) is 1. The summed E-state index contributed by atoms with van der Waals surface area (Å²) in [6, 6.07) is 11.9. The average Bonchev–Trinajstić information content (AvgIpc) is 2.73. The van der Waals surface area contributed by atoms with Gasteiger partial charge in [0.05, 0.1) is 11.4 Å². The predicted molar refractivity (Wildman–Crippen MR) is 122 cm³/mol. The van der Waals surface area contributed by atoms with Crippen LogP contribution in [-0.4, -0.2) is 30.4 Å². The van der Waals surface area contributed by atoms with Crippen LogP contribution in [0.4, 0.5) is 0 Å². The lowest BCUT2D eigenvalue weighted by Gasteiger charge is -2.30. The van der Waals surface area contributed by atoms with Crippen molar-refractivity contribution >= 4 is 40.1 Å². The maximum absolute atomic E-state index is 12.8. The molecule has 30 heavy (non-hydrogen) atoms. The fourth-order valence-electron chi connectivity index (χ4n) is 3.51. The minimum Gasteiger partial charge on any atom is -0.451 e. The molecule has 3 rings (SSSR count). The third kappa shape index (κ3) is 4.69. The van der Waals surface area contributed by atoms with Crippen LogP contribution in [0, 0.1) is 6.92 Å². The molecule has 158 valence electrons. The summed E-state index contributed by atoms with van der Waals surface area (Å²) in [6.45, 7) is 7.86. The van der Waals surface area contributed by atoms with Crippen LogP contribution in [0.3, 0.4) is 0 Å². The smallest absolute Gasteiger partial charge is 0.287 e. The van der Waals surface area contributed by atoms with Gasteiger partial charge in [0, 0.05) is 22.7 Å². The van der Waals surface area contributed by atoms with Crippen LogP contribution in [0.15, 0.2) is 51.7 Å². The Hall–Kier alpha value is -2.34. The summed E-state index contributed by atoms with van der Waals surface area (Å²) in [5, 5.41) is 4.37. The lowest BCUT2D eigenvalue weighted by molar-refractivity contribution is 0.0908. The Labute approximate surface area is 185 Å². The van der Waals surface area contributed by atoms with Crippen LogP contribution in [0.1, 0.15) is 41.6 Å². The van der Waals surface area contributed by atoms with Gasteiger partial charge in [-0.1, -0.05) is 55.2 Å². The minimum absolute atomic E-state index is 0.0355. The zero-order chi connectivity index (χ0) is 21.8. The highest BCUT2D eigenvalue weighted by Gasteiger charge is 2.22. The first-order valence-electron chi connectivity index (χ1n) is 9.86. The number of benzene rings is 2. The normalized spacial score (nSPS) is 12.3. The van der Waals surface area contributed by atoms with Crippen molar-refractivity contribution in [2.75, 3.05) is 19.6 Å². The molecule has 5 nitrogen and oxygen atoms in total. The van der Waals surface area contributed by atoms with Crippen LogP contribution in [0.25, 0.3) is 11.0 Å². The van der Waals surface area contributed by atoms with E-state index in [4.69, 9.17) is 27.6 Å². The number of hydrogen-bond donors (Lipinski definition) is 1. The molecule has 7 heteroatoms. The maximum Gasteiger partial charge on any atom is 0.287 e. The van der Waals surface area contributed by atoms with Crippen molar-refractivity contribution in [2.24, 2.45) is 0 Å². The minimum atomic E-state index is -0.453. The molecule has 0 aliphatic heterocycles. The molecule has 2 aromatic carbocycles. The zero-order valence-electron chi connectivity index (χ0n) is 17.2. The first kappa shape index (κ1) is 22.3. The SMILES string of the molecule is CCN(CC)C(CNC(=O)c1cc(=O)c2cc(Cl)c(C)cc2o1)c1ccccc1Cl. The lowest BCUT2D eigenvalue weighted by Crippen LogP contribution is -2.38. The fourth-order valence-corrected chi connectivity index (χ4v) is 3.94. The molecule has 0 spiro atoms. The summed E-state index contributed by atoms with van der Waals surface area (Å²) in [5.74, 6) is -0.488. The number of carbonyl (C=O) groups is 1. The topological polar surface area (TPSA) is 62.6 Å². The van der Waals surface area contributed by atoms with Gasteiger partial charge in [0.2, 0.25) is 0 Å². The number of halogens is 2. The standard InChI is InChI=1S/C23H24Cl2N2O3/c1-4-27(5-2)19(15-8-6-7-9-17(15)24)13-26-23(29)22-12-20(28)16-11-18(25)14(3)10-21(16)30-22/h6-12,19H,4-5,13H2,1-3H3,(H,26,29). The molecule has 0 fully saturated rings. The number of nitrogens with one attached hydrogen (secondary N) is 1. The monoisotopic (exact) mass is 446 g/mol. The van der Waals surface area contributed by atoms with E-state index in [2.05, 4.69) is 24.1 Å². The van der Waals surface area contributed by atoms with Crippen molar-refractivity contribution in [1.82, 2.24) is 10.2 Å². The van der Waals surface area contributed by atoms with E-state index in [0.29, 0.717) is 27.6 Å². The van der Waals surface area contributed by atoms with E-state index in [-0.39, 0.29) is 17.2 Å². The Morgan fingerprint density at radius 3 is 2.47 bits per heavy atom. The van der Waals surface area contributed by atoms with Gasteiger partial charge in [0.25, 0.3) is 5.91 Å². The van der Waals surface area contributed by atoms with E-state index in [9.17, 15) is 9.59 Å². The molecule has 0 aliphatic rings. The largest absolute Gasteiger partial charge is 0.451 e. The van der Waals surface area contributed by atoms with Crippen LogP contribution in [0.5, 0.6) is 0 Å². The van der Waals surface area contributed by atoms with Crippen molar-refractivity contribution in [2.45, 2.75) is 26.8 Å². The second-order valence-corrected chi connectivity index (χ2v) is 7.86. The molecular weight excluding hydrogens is 423 g/mol. The predicted octanol–water partition coefficient (Wildman–Crippen LogP) is 5.22. The highest BCUT2D eigenvalue weighted by Crippen LogP contribution is 2.27. The van der Waals surface area contributed by atoms with Gasteiger partial charge in [-0.3, -0.25) is 14.5 Å². The molecule has 1 unspecified atom stereocenters. The fraction of sp³-hybridized carbons (Fsp3) is 0.304. The number of likely N-dealkylation sites (N-methyl/N-ethyl adjacent to an activating group) is 1. The van der Waals surface area contributed by atoms with Crippen LogP contribution >= 0.6 is 23.2 Å². The van der Waals surface area contributed by atoms with Gasteiger partial charge in [-0.05, 0) is 49.3 Å². The Bertz CT molecular complexity index is 1120. The van der Waals surface area contributed by atoms with Gasteiger partial charge < -0.3 is 9.73 Å². The summed E-state index contributed by atoms with van der Waals surface area (Å²) in [5.41, 5.74) is 1.73. The Morgan fingerprint density at radius 2 is 1.80 bits per heavy atom. The number of aryl methyl sites for hydroxylation is 1. The van der Waals surface area contributed by atoms with Gasteiger partial charge in [-0.2, -0.15) is 0 Å². The van der Waals surface area contributed by atoms with E-state index in [1.165, 1.54) is 6.07 Å². The summed E-state index contributed by atoms with van der Waals surface area (Å²) in [6.07, 6.45) is 0. The molecule has 0 aliphatic carbocycles. The van der Waals surface area contributed by atoms with E-state index in [1.54, 1.807) is 12.1 Å². The third-order valence-corrected chi connectivity index (χ3v) is 5.96. The Morgan fingerprint density at radius 1 is 1.10 bits per heavy atom. The summed E-state index contributed by atoms with van der Waals surface area (Å²) < 4.78 is 5.70. The molecule has 3 aromatic rings. The zero-order valence-corrected chi connectivity index (χ0v) is 18.7. The van der Waals surface area contributed by atoms with E-state index >= 15 is 0 Å². The number of rotatable bonds is 7. The first-order chi connectivity index (χ1) is 14.3. The van der Waals surface area contributed by atoms with Crippen molar-refractivity contribution in [3.8, 4) is 0 Å². The van der Waals surface area contributed by atoms with E-state index < -0.39 is 5.91 Å². The van der Waals surface area contributed by atoms with Crippen molar-refractivity contribution < 1.29 is 9.21 Å². The second-order valence-electron chi connectivity index (χ2n) is 7.04. The van der Waals surface area contributed by atoms with Crippen molar-refractivity contribution in [3.63, 3.8) is 0 Å². The quantitative estimate of drug-likeness (QED) is 0.540. The van der Waals surface area contributed by atoms with Crippen molar-refractivity contribution in [3.05, 3.63) is 79.6 Å². The molecule has 1 N–H and O–H groups in total. The highest BCUT2D eigenvalue weighted by atomic mass is 35.5. The second kappa shape index (κ2) is 9.65. The van der Waals surface area contributed by atoms with Gasteiger partial charge in [0.1, 0.15) is 5.58 Å². The first-order valence-corrected chi connectivity index (χ1v) is 10.6. The molecule has 1 heterocycles. The Kier molecular flexibility index (Phi) is 7.19. The number of fused-ring (bicyclic) bond motifs is 1.